The molecule has 0 radical (unpaired) electrons. The maximum atomic E-state index is 10.8. The monoisotopic (exact) mass is 263 g/mol. The van der Waals surface area contributed by atoms with Crippen LogP contribution in [0.5, 0.6) is 0 Å². The molecule has 1 unspecified atom stereocenters. The number of anilines is 1. The molecule has 2 heterocycles. The van der Waals surface area contributed by atoms with Crippen LogP contribution in [-0.2, 0) is 4.79 Å². The summed E-state index contributed by atoms with van der Waals surface area (Å²) in [7, 11) is 0. The van der Waals surface area contributed by atoms with E-state index in [0.29, 0.717) is 5.92 Å². The average molecular weight is 263 g/mol. The number of rotatable bonds is 4. The first kappa shape index (κ1) is 13.8. The summed E-state index contributed by atoms with van der Waals surface area (Å²) < 4.78 is 0. The quantitative estimate of drug-likeness (QED) is 0.902. The number of carbonyl (C=O) groups is 1. The Bertz CT molecular complexity index is 474. The van der Waals surface area contributed by atoms with Gasteiger partial charge in [0, 0.05) is 37.2 Å². The summed E-state index contributed by atoms with van der Waals surface area (Å²) in [6.45, 7) is 7.79. The predicted molar refractivity (Wildman–Crippen MR) is 73.4 cm³/mol. The van der Waals surface area contributed by atoms with Gasteiger partial charge < -0.3 is 10.0 Å². The molecule has 0 spiro atoms. The number of carboxylic acids is 1. The van der Waals surface area contributed by atoms with Crippen LogP contribution in [0.15, 0.2) is 6.07 Å². The summed E-state index contributed by atoms with van der Waals surface area (Å²) >= 11 is 0. The zero-order chi connectivity index (χ0) is 14.0. The molecule has 5 nitrogen and oxygen atoms in total. The fourth-order valence-electron chi connectivity index (χ4n) is 2.45. The highest BCUT2D eigenvalue weighted by molar-refractivity contribution is 5.67. The predicted octanol–water partition coefficient (Wildman–Crippen LogP) is 2.21. The van der Waals surface area contributed by atoms with Crippen LogP contribution in [0.25, 0.3) is 0 Å². The molecular weight excluding hydrogens is 242 g/mol. The van der Waals surface area contributed by atoms with Crippen molar-refractivity contribution < 1.29 is 9.90 Å². The first-order chi connectivity index (χ1) is 8.95. The Kier molecular flexibility index (Phi) is 4.02. The molecular formula is C14H21N3O2. The standard InChI is InChI=1S/C14H21N3O2/c1-9(2)14-15-10(3)6-12(16-14)17-5-4-11(8-17)7-13(18)19/h6,9,11H,4-5,7-8H2,1-3H3,(H,18,19). The molecule has 19 heavy (non-hydrogen) atoms. The minimum absolute atomic E-state index is 0.232. The van der Waals surface area contributed by atoms with Crippen molar-refractivity contribution in [2.24, 2.45) is 5.92 Å². The summed E-state index contributed by atoms with van der Waals surface area (Å²) in [5.41, 5.74) is 0.968. The summed E-state index contributed by atoms with van der Waals surface area (Å²) in [6, 6.07) is 1.98. The molecule has 1 N–H and O–H groups in total. The maximum Gasteiger partial charge on any atom is 0.303 e. The Morgan fingerprint density at radius 1 is 1.53 bits per heavy atom. The smallest absolute Gasteiger partial charge is 0.303 e. The van der Waals surface area contributed by atoms with Gasteiger partial charge in [-0.15, -0.1) is 0 Å². The number of aromatic nitrogens is 2. The lowest BCUT2D eigenvalue weighted by molar-refractivity contribution is -0.137. The molecule has 1 aromatic heterocycles. The Hall–Kier alpha value is -1.65. The molecule has 1 fully saturated rings. The van der Waals surface area contributed by atoms with Crippen molar-refractivity contribution in [1.29, 1.82) is 0 Å². The fourth-order valence-corrected chi connectivity index (χ4v) is 2.45. The van der Waals surface area contributed by atoms with Gasteiger partial charge in [-0.25, -0.2) is 9.97 Å². The summed E-state index contributed by atoms with van der Waals surface area (Å²) in [5.74, 6) is 1.61. The van der Waals surface area contributed by atoms with Crippen LogP contribution in [0.3, 0.4) is 0 Å². The molecule has 1 saturated heterocycles. The van der Waals surface area contributed by atoms with Crippen LogP contribution in [0.4, 0.5) is 5.82 Å². The minimum atomic E-state index is -0.714. The van der Waals surface area contributed by atoms with Crippen molar-refractivity contribution in [3.8, 4) is 0 Å². The number of hydrogen-bond donors (Lipinski definition) is 1. The second-order valence-electron chi connectivity index (χ2n) is 5.58. The van der Waals surface area contributed by atoms with Crippen molar-refractivity contribution in [3.05, 3.63) is 17.6 Å². The van der Waals surface area contributed by atoms with E-state index in [4.69, 9.17) is 5.11 Å². The molecule has 104 valence electrons. The third-order valence-corrected chi connectivity index (χ3v) is 3.45. The second kappa shape index (κ2) is 5.55. The molecule has 5 heteroatoms. The van der Waals surface area contributed by atoms with Gasteiger partial charge in [0.05, 0.1) is 0 Å². The molecule has 0 saturated carbocycles. The summed E-state index contributed by atoms with van der Waals surface area (Å²) in [5, 5.41) is 8.85. The van der Waals surface area contributed by atoms with Crippen LogP contribution in [0.2, 0.25) is 0 Å². The zero-order valence-corrected chi connectivity index (χ0v) is 11.8. The van der Waals surface area contributed by atoms with Crippen molar-refractivity contribution in [2.75, 3.05) is 18.0 Å². The molecule has 1 aliphatic heterocycles. The van der Waals surface area contributed by atoms with E-state index in [2.05, 4.69) is 28.7 Å². The van der Waals surface area contributed by atoms with E-state index < -0.39 is 5.97 Å². The zero-order valence-electron chi connectivity index (χ0n) is 11.8. The number of carboxylic acid groups (broad SMARTS) is 1. The molecule has 0 aliphatic carbocycles. The maximum absolute atomic E-state index is 10.8. The van der Waals surface area contributed by atoms with Crippen molar-refractivity contribution in [3.63, 3.8) is 0 Å². The number of aryl methyl sites for hydroxylation is 1. The van der Waals surface area contributed by atoms with E-state index in [9.17, 15) is 4.79 Å². The molecule has 1 aromatic rings. The van der Waals surface area contributed by atoms with Crippen molar-refractivity contribution >= 4 is 11.8 Å². The lowest BCUT2D eigenvalue weighted by Crippen LogP contribution is -2.22. The van der Waals surface area contributed by atoms with Gasteiger partial charge in [-0.1, -0.05) is 13.8 Å². The summed E-state index contributed by atoms with van der Waals surface area (Å²) in [6.07, 6.45) is 1.17. The highest BCUT2D eigenvalue weighted by Gasteiger charge is 2.25. The first-order valence-corrected chi connectivity index (χ1v) is 6.78. The van der Waals surface area contributed by atoms with Crippen LogP contribution >= 0.6 is 0 Å². The molecule has 1 aliphatic rings. The van der Waals surface area contributed by atoms with Gasteiger partial charge in [0.2, 0.25) is 0 Å². The number of hydrogen-bond acceptors (Lipinski definition) is 4. The lowest BCUT2D eigenvalue weighted by Gasteiger charge is -2.19. The SMILES string of the molecule is Cc1cc(N2CCC(CC(=O)O)C2)nc(C(C)C)n1. The molecule has 2 rings (SSSR count). The minimum Gasteiger partial charge on any atom is -0.481 e. The topological polar surface area (TPSA) is 66.3 Å². The van der Waals surface area contributed by atoms with Crippen LogP contribution in [-0.4, -0.2) is 34.1 Å². The fraction of sp³-hybridized carbons (Fsp3) is 0.643. The second-order valence-corrected chi connectivity index (χ2v) is 5.58. The molecule has 0 bridgehead atoms. The van der Waals surface area contributed by atoms with Crippen LogP contribution in [0, 0.1) is 12.8 Å². The first-order valence-electron chi connectivity index (χ1n) is 6.78. The summed E-state index contributed by atoms with van der Waals surface area (Å²) in [4.78, 5) is 22.0. The van der Waals surface area contributed by atoms with Crippen LogP contribution < -0.4 is 4.90 Å². The molecule has 0 aromatic carbocycles. The number of aliphatic carboxylic acids is 1. The van der Waals surface area contributed by atoms with Gasteiger partial charge >= 0.3 is 5.97 Å². The Labute approximate surface area is 113 Å². The van der Waals surface area contributed by atoms with Gasteiger partial charge in [-0.05, 0) is 19.3 Å². The number of nitrogens with zero attached hydrogens (tertiary/aromatic N) is 3. The third-order valence-electron chi connectivity index (χ3n) is 3.45. The largest absolute Gasteiger partial charge is 0.481 e. The Morgan fingerprint density at radius 2 is 2.26 bits per heavy atom. The third kappa shape index (κ3) is 3.43. The van der Waals surface area contributed by atoms with Crippen molar-refractivity contribution in [1.82, 2.24) is 9.97 Å². The highest BCUT2D eigenvalue weighted by atomic mass is 16.4. The highest BCUT2D eigenvalue weighted by Crippen LogP contribution is 2.25. The van der Waals surface area contributed by atoms with E-state index in [1.165, 1.54) is 0 Å². The van der Waals surface area contributed by atoms with E-state index in [-0.39, 0.29) is 12.3 Å². The average Bonchev–Trinajstić information content (AvgIpc) is 2.75. The van der Waals surface area contributed by atoms with Gasteiger partial charge in [0.1, 0.15) is 11.6 Å². The van der Waals surface area contributed by atoms with E-state index >= 15 is 0 Å². The molecule has 1 atom stereocenters. The Morgan fingerprint density at radius 3 is 2.89 bits per heavy atom. The molecule has 0 amide bonds. The Balaban J connectivity index is 2.12. The van der Waals surface area contributed by atoms with Gasteiger partial charge in [0.25, 0.3) is 0 Å². The van der Waals surface area contributed by atoms with Gasteiger partial charge in [-0.2, -0.15) is 0 Å². The van der Waals surface area contributed by atoms with Gasteiger partial charge in [0.15, 0.2) is 0 Å². The van der Waals surface area contributed by atoms with E-state index in [1.807, 2.05) is 13.0 Å². The van der Waals surface area contributed by atoms with E-state index in [1.54, 1.807) is 0 Å². The lowest BCUT2D eigenvalue weighted by atomic mass is 10.1. The van der Waals surface area contributed by atoms with Crippen molar-refractivity contribution in [2.45, 2.75) is 39.5 Å². The van der Waals surface area contributed by atoms with Gasteiger partial charge in [-0.3, -0.25) is 4.79 Å². The van der Waals surface area contributed by atoms with E-state index in [0.717, 1.165) is 36.8 Å². The normalized spacial score (nSPS) is 19.2. The van der Waals surface area contributed by atoms with Crippen LogP contribution in [0.1, 0.15) is 44.1 Å².